The topological polar surface area (TPSA) is 46.2 Å². The molecule has 0 spiro atoms. The molecule has 196 valence electrons. The highest BCUT2D eigenvalue weighted by Crippen LogP contribution is 2.39. The predicted octanol–water partition coefficient (Wildman–Crippen LogP) is 6.64. The van der Waals surface area contributed by atoms with Gasteiger partial charge in [0, 0.05) is 10.9 Å². The summed E-state index contributed by atoms with van der Waals surface area (Å²) in [4.78, 5) is 0. The molecule has 2 fully saturated rings. The zero-order chi connectivity index (χ0) is 25.5. The third kappa shape index (κ3) is 6.84. The van der Waals surface area contributed by atoms with Crippen LogP contribution >= 0.6 is 27.7 Å². The second-order valence-corrected chi connectivity index (χ2v) is 11.1. The zero-order valence-corrected chi connectivity index (χ0v) is 23.3. The fraction of sp³-hybridized carbons (Fsp3) is 0.400. The van der Waals surface area contributed by atoms with Gasteiger partial charge < -0.3 is 23.7 Å². The van der Waals surface area contributed by atoms with Gasteiger partial charge in [-0.3, -0.25) is 0 Å². The lowest BCUT2D eigenvalue weighted by Gasteiger charge is -2.49. The Bertz CT molecular complexity index is 1100. The molecule has 0 radical (unpaired) electrons. The molecule has 0 amide bonds. The second-order valence-electron chi connectivity index (χ2n) is 9.17. The van der Waals surface area contributed by atoms with Crippen LogP contribution in [0.4, 0.5) is 0 Å². The van der Waals surface area contributed by atoms with Gasteiger partial charge in [-0.1, -0.05) is 108 Å². The first-order valence-electron chi connectivity index (χ1n) is 12.7. The Hall–Kier alpha value is -1.71. The highest BCUT2D eigenvalue weighted by Gasteiger charge is 2.51. The lowest BCUT2D eigenvalue weighted by atomic mass is 9.98. The van der Waals surface area contributed by atoms with Crippen molar-refractivity contribution < 1.29 is 23.7 Å². The Morgan fingerprint density at radius 1 is 0.811 bits per heavy atom. The number of halogens is 1. The van der Waals surface area contributed by atoms with Crippen molar-refractivity contribution in [1.29, 1.82) is 0 Å². The van der Waals surface area contributed by atoms with E-state index < -0.39 is 6.29 Å². The summed E-state index contributed by atoms with van der Waals surface area (Å²) in [6.45, 7) is 3.51. The van der Waals surface area contributed by atoms with Crippen molar-refractivity contribution in [2.45, 2.75) is 61.6 Å². The van der Waals surface area contributed by atoms with Crippen LogP contribution in [0.2, 0.25) is 0 Å². The van der Waals surface area contributed by atoms with Crippen LogP contribution in [0.5, 0.6) is 0 Å². The maximum Gasteiger partial charge on any atom is 0.184 e. The molecular weight excluding hydrogens is 552 g/mol. The van der Waals surface area contributed by atoms with E-state index in [1.165, 1.54) is 5.56 Å². The Balaban J connectivity index is 1.40. The van der Waals surface area contributed by atoms with Crippen molar-refractivity contribution in [3.05, 3.63) is 107 Å². The minimum atomic E-state index is -0.473. The van der Waals surface area contributed by atoms with E-state index in [0.29, 0.717) is 19.8 Å². The van der Waals surface area contributed by atoms with Crippen LogP contribution in [0, 0.1) is 0 Å². The third-order valence-electron chi connectivity index (χ3n) is 6.56. The van der Waals surface area contributed by atoms with Gasteiger partial charge >= 0.3 is 0 Å². The number of hydrogen-bond donors (Lipinski definition) is 0. The van der Waals surface area contributed by atoms with Gasteiger partial charge in [0.1, 0.15) is 29.9 Å². The summed E-state index contributed by atoms with van der Waals surface area (Å²) in [6, 6.07) is 28.7. The molecule has 0 aliphatic carbocycles. The maximum atomic E-state index is 6.69. The predicted molar refractivity (Wildman–Crippen MR) is 149 cm³/mol. The van der Waals surface area contributed by atoms with Gasteiger partial charge in [-0.2, -0.15) is 0 Å². The van der Waals surface area contributed by atoms with Gasteiger partial charge in [-0.25, -0.2) is 0 Å². The molecule has 2 aliphatic rings. The number of fused-ring (bicyclic) bond motifs is 1. The molecule has 3 aromatic carbocycles. The Morgan fingerprint density at radius 3 is 2.24 bits per heavy atom. The Kier molecular flexibility index (Phi) is 9.72. The van der Waals surface area contributed by atoms with Crippen molar-refractivity contribution in [2.75, 3.05) is 12.4 Å². The third-order valence-corrected chi connectivity index (χ3v) is 8.25. The number of ether oxygens (including phenoxy) is 5. The summed E-state index contributed by atoms with van der Waals surface area (Å²) in [6.07, 6.45) is -1.67. The average Bonchev–Trinajstić information content (AvgIpc) is 2.96. The molecule has 5 rings (SSSR count). The summed E-state index contributed by atoms with van der Waals surface area (Å²) in [5, 5.41) is 0.806. The van der Waals surface area contributed by atoms with Gasteiger partial charge in [-0.15, -0.1) is 11.8 Å². The van der Waals surface area contributed by atoms with Crippen LogP contribution in [-0.2, 0) is 42.2 Å². The first-order valence-corrected chi connectivity index (χ1v) is 14.9. The lowest BCUT2D eigenvalue weighted by Crippen LogP contribution is -2.62. The highest BCUT2D eigenvalue weighted by atomic mass is 79.9. The normalized spacial score (nSPS) is 27.5. The average molecular weight is 586 g/mol. The van der Waals surface area contributed by atoms with E-state index in [2.05, 4.69) is 59.3 Å². The summed E-state index contributed by atoms with van der Waals surface area (Å²) < 4.78 is 32.5. The molecule has 0 saturated carbocycles. The van der Waals surface area contributed by atoms with Crippen molar-refractivity contribution in [3.63, 3.8) is 0 Å². The van der Waals surface area contributed by atoms with Crippen LogP contribution in [0.3, 0.4) is 0 Å². The first kappa shape index (κ1) is 26.9. The molecular formula is C30H33BrO5S. The summed E-state index contributed by atoms with van der Waals surface area (Å²) >= 11 is 5.29. The fourth-order valence-corrected chi connectivity index (χ4v) is 6.07. The molecule has 6 atom stereocenters. The molecule has 2 saturated heterocycles. The number of alkyl halides is 1. The van der Waals surface area contributed by atoms with E-state index >= 15 is 0 Å². The van der Waals surface area contributed by atoms with Crippen LogP contribution in [0.1, 0.15) is 35.5 Å². The molecule has 0 N–H and O–H groups in total. The molecule has 2 heterocycles. The molecule has 7 heteroatoms. The van der Waals surface area contributed by atoms with Crippen molar-refractivity contribution in [1.82, 2.24) is 0 Å². The van der Waals surface area contributed by atoms with Crippen LogP contribution in [-0.4, -0.2) is 42.2 Å². The van der Waals surface area contributed by atoms with E-state index in [0.717, 1.165) is 27.8 Å². The second kappa shape index (κ2) is 13.4. The lowest BCUT2D eigenvalue weighted by molar-refractivity contribution is -0.329. The van der Waals surface area contributed by atoms with Gasteiger partial charge in [0.15, 0.2) is 6.29 Å². The summed E-state index contributed by atoms with van der Waals surface area (Å²) in [5.74, 6) is 0.904. The first-order chi connectivity index (χ1) is 18.2. The largest absolute Gasteiger partial charge is 0.368 e. The fourth-order valence-electron chi connectivity index (χ4n) is 4.75. The zero-order valence-electron chi connectivity index (χ0n) is 20.9. The molecule has 37 heavy (non-hydrogen) atoms. The van der Waals surface area contributed by atoms with E-state index in [1.807, 2.05) is 48.5 Å². The molecule has 2 aliphatic heterocycles. The van der Waals surface area contributed by atoms with Crippen molar-refractivity contribution in [2.24, 2.45) is 0 Å². The quantitative estimate of drug-likeness (QED) is 0.249. The molecule has 5 nitrogen and oxygen atoms in total. The number of benzene rings is 3. The van der Waals surface area contributed by atoms with E-state index in [-0.39, 0.29) is 29.9 Å². The SMILES string of the molecule is CCS[C@@H]1O[C@@H]2COC(c3ccccc3)O[C@H]2[C@H](OCc2cccc(CBr)c2)[C@H]1OCc1ccccc1. The Labute approximate surface area is 231 Å². The number of hydrogen-bond acceptors (Lipinski definition) is 6. The van der Waals surface area contributed by atoms with E-state index in [4.69, 9.17) is 23.7 Å². The van der Waals surface area contributed by atoms with Crippen LogP contribution in [0.25, 0.3) is 0 Å². The van der Waals surface area contributed by atoms with Crippen molar-refractivity contribution >= 4 is 27.7 Å². The number of rotatable bonds is 10. The summed E-state index contributed by atoms with van der Waals surface area (Å²) in [7, 11) is 0. The highest BCUT2D eigenvalue weighted by molar-refractivity contribution is 9.08. The number of thioether (sulfide) groups is 1. The van der Waals surface area contributed by atoms with Gasteiger partial charge in [0.2, 0.25) is 0 Å². The smallest absolute Gasteiger partial charge is 0.184 e. The maximum absolute atomic E-state index is 6.69. The molecule has 0 bridgehead atoms. The molecule has 0 aromatic heterocycles. The minimum absolute atomic E-state index is 0.186. The van der Waals surface area contributed by atoms with Crippen LogP contribution < -0.4 is 0 Å². The van der Waals surface area contributed by atoms with Crippen LogP contribution in [0.15, 0.2) is 84.9 Å². The van der Waals surface area contributed by atoms with E-state index in [1.54, 1.807) is 11.8 Å². The summed E-state index contributed by atoms with van der Waals surface area (Å²) in [5.41, 5.74) is 4.25. The van der Waals surface area contributed by atoms with E-state index in [9.17, 15) is 0 Å². The van der Waals surface area contributed by atoms with Gasteiger partial charge in [0.25, 0.3) is 0 Å². The van der Waals surface area contributed by atoms with Crippen molar-refractivity contribution in [3.8, 4) is 0 Å². The minimum Gasteiger partial charge on any atom is -0.368 e. The standard InChI is InChI=1S/C30H33BrO5S/c1-2-37-30-28(33-18-21-10-5-3-6-11-21)27(32-19-23-13-9-12-22(16-23)17-31)26-25(35-30)20-34-29(36-26)24-14-7-4-8-15-24/h3-16,25-30H,2,17-20H2,1H3/t25-,26-,27+,28-,29?,30+/m1/s1. The molecule has 1 unspecified atom stereocenters. The monoisotopic (exact) mass is 584 g/mol. The van der Waals surface area contributed by atoms with Gasteiger partial charge in [0.05, 0.1) is 19.8 Å². The Morgan fingerprint density at radius 2 is 1.49 bits per heavy atom. The molecule has 3 aromatic rings. The van der Waals surface area contributed by atoms with Gasteiger partial charge in [-0.05, 0) is 22.4 Å².